The fourth-order valence-corrected chi connectivity index (χ4v) is 2.32. The van der Waals surface area contributed by atoms with Gasteiger partial charge >= 0.3 is 0 Å². The Morgan fingerprint density at radius 1 is 1.15 bits per heavy atom. The highest BCUT2D eigenvalue weighted by molar-refractivity contribution is 7.80. The Morgan fingerprint density at radius 2 is 1.69 bits per heavy atom. The second-order valence-electron chi connectivity index (χ2n) is 5.18. The van der Waals surface area contributed by atoms with Crippen LogP contribution in [-0.4, -0.2) is 23.0 Å². The Hall–Kier alpha value is -0.110. The van der Waals surface area contributed by atoms with Crippen LogP contribution in [0.5, 0.6) is 0 Å². The van der Waals surface area contributed by atoms with Gasteiger partial charge in [0.25, 0.3) is 0 Å². The second-order valence-corrected chi connectivity index (χ2v) is 5.65. The summed E-state index contributed by atoms with van der Waals surface area (Å²) in [7, 11) is 0. The quantitative estimate of drug-likeness (QED) is 0.596. The van der Waals surface area contributed by atoms with E-state index in [0.29, 0.717) is 5.41 Å². The normalized spacial score (nSPS) is 18.8. The standard InChI is InChI=1S/C11H21NS/c1-11(2,3)9-10(13)12-7-5-4-6-8-12/h4-9H2,1-3H3. The lowest BCUT2D eigenvalue weighted by atomic mass is 9.91. The number of hydrogen-bond acceptors (Lipinski definition) is 1. The number of hydrogen-bond donors (Lipinski definition) is 0. The van der Waals surface area contributed by atoms with E-state index in [1.165, 1.54) is 37.3 Å². The molecule has 1 nitrogen and oxygen atoms in total. The van der Waals surface area contributed by atoms with Gasteiger partial charge in [0, 0.05) is 19.5 Å². The van der Waals surface area contributed by atoms with Crippen molar-refractivity contribution in [2.75, 3.05) is 13.1 Å². The number of piperidine rings is 1. The second kappa shape index (κ2) is 4.41. The van der Waals surface area contributed by atoms with E-state index in [0.717, 1.165) is 6.42 Å². The van der Waals surface area contributed by atoms with Gasteiger partial charge in [-0.25, -0.2) is 0 Å². The summed E-state index contributed by atoms with van der Waals surface area (Å²) >= 11 is 5.45. The van der Waals surface area contributed by atoms with Crippen molar-refractivity contribution in [3.8, 4) is 0 Å². The molecule has 0 aliphatic carbocycles. The zero-order valence-electron chi connectivity index (χ0n) is 9.10. The largest absolute Gasteiger partial charge is 0.366 e. The van der Waals surface area contributed by atoms with Crippen LogP contribution in [0.2, 0.25) is 0 Å². The maximum atomic E-state index is 5.45. The van der Waals surface area contributed by atoms with Crippen LogP contribution >= 0.6 is 12.2 Å². The van der Waals surface area contributed by atoms with E-state index in [1.54, 1.807) is 0 Å². The summed E-state index contributed by atoms with van der Waals surface area (Å²) in [6.45, 7) is 9.14. The third-order valence-electron chi connectivity index (χ3n) is 2.39. The molecule has 1 aliphatic heterocycles. The lowest BCUT2D eigenvalue weighted by molar-refractivity contribution is 0.324. The number of nitrogens with zero attached hydrogens (tertiary/aromatic N) is 1. The monoisotopic (exact) mass is 199 g/mol. The molecule has 0 unspecified atom stereocenters. The van der Waals surface area contributed by atoms with Gasteiger partial charge in [-0.05, 0) is 24.7 Å². The van der Waals surface area contributed by atoms with Crippen molar-refractivity contribution in [1.29, 1.82) is 0 Å². The van der Waals surface area contributed by atoms with Crippen molar-refractivity contribution in [2.45, 2.75) is 46.5 Å². The molecule has 0 bridgehead atoms. The highest BCUT2D eigenvalue weighted by Crippen LogP contribution is 2.22. The zero-order chi connectivity index (χ0) is 9.90. The van der Waals surface area contributed by atoms with E-state index in [-0.39, 0.29) is 0 Å². The van der Waals surface area contributed by atoms with Crippen LogP contribution in [0.3, 0.4) is 0 Å². The Balaban J connectivity index is 2.38. The molecule has 0 aromatic heterocycles. The highest BCUT2D eigenvalue weighted by atomic mass is 32.1. The summed E-state index contributed by atoms with van der Waals surface area (Å²) in [6, 6.07) is 0. The Labute approximate surface area is 87.5 Å². The first kappa shape index (κ1) is 11.0. The molecule has 1 heterocycles. The van der Waals surface area contributed by atoms with Crippen molar-refractivity contribution >= 4 is 17.2 Å². The van der Waals surface area contributed by atoms with Gasteiger partial charge in [-0.1, -0.05) is 33.0 Å². The molecular weight excluding hydrogens is 178 g/mol. The van der Waals surface area contributed by atoms with Gasteiger partial charge in [-0.15, -0.1) is 0 Å². The van der Waals surface area contributed by atoms with Gasteiger partial charge < -0.3 is 4.90 Å². The van der Waals surface area contributed by atoms with Crippen molar-refractivity contribution in [3.05, 3.63) is 0 Å². The molecule has 0 amide bonds. The molecule has 0 aromatic carbocycles. The third-order valence-corrected chi connectivity index (χ3v) is 2.79. The minimum Gasteiger partial charge on any atom is -0.366 e. The van der Waals surface area contributed by atoms with E-state index in [2.05, 4.69) is 25.7 Å². The fraction of sp³-hybridized carbons (Fsp3) is 0.909. The van der Waals surface area contributed by atoms with Gasteiger partial charge in [-0.3, -0.25) is 0 Å². The topological polar surface area (TPSA) is 3.24 Å². The Bertz CT molecular complexity index is 175. The Kier molecular flexibility index (Phi) is 3.72. The highest BCUT2D eigenvalue weighted by Gasteiger charge is 2.19. The average Bonchev–Trinajstić information content (AvgIpc) is 2.03. The van der Waals surface area contributed by atoms with Gasteiger partial charge in [0.05, 0.1) is 4.99 Å². The van der Waals surface area contributed by atoms with Gasteiger partial charge in [0.2, 0.25) is 0 Å². The van der Waals surface area contributed by atoms with Gasteiger partial charge in [0.15, 0.2) is 0 Å². The predicted octanol–water partition coefficient (Wildman–Crippen LogP) is 3.24. The average molecular weight is 199 g/mol. The summed E-state index contributed by atoms with van der Waals surface area (Å²) in [5.41, 5.74) is 0.342. The molecule has 0 spiro atoms. The SMILES string of the molecule is CC(C)(C)CC(=S)N1CCCCC1. The first-order valence-corrected chi connectivity index (χ1v) is 5.68. The lowest BCUT2D eigenvalue weighted by Crippen LogP contribution is -2.36. The summed E-state index contributed by atoms with van der Waals surface area (Å²) in [5.74, 6) is 0. The molecule has 0 aromatic rings. The van der Waals surface area contributed by atoms with Crippen LogP contribution in [0.15, 0.2) is 0 Å². The van der Waals surface area contributed by atoms with Crippen LogP contribution in [0.4, 0.5) is 0 Å². The van der Waals surface area contributed by atoms with Crippen molar-refractivity contribution in [3.63, 3.8) is 0 Å². The van der Waals surface area contributed by atoms with Crippen molar-refractivity contribution < 1.29 is 0 Å². The maximum Gasteiger partial charge on any atom is 0.0784 e. The predicted molar refractivity (Wildman–Crippen MR) is 62.1 cm³/mol. The fourth-order valence-electron chi connectivity index (χ4n) is 1.71. The molecule has 0 N–H and O–H groups in total. The van der Waals surface area contributed by atoms with Crippen LogP contribution in [0.1, 0.15) is 46.5 Å². The number of rotatable bonds is 1. The molecule has 1 rings (SSSR count). The number of likely N-dealkylation sites (tertiary alicyclic amines) is 1. The molecule has 0 saturated carbocycles. The summed E-state index contributed by atoms with van der Waals surface area (Å²) in [4.78, 5) is 3.57. The first-order chi connectivity index (χ1) is 5.99. The minimum absolute atomic E-state index is 0.342. The van der Waals surface area contributed by atoms with E-state index >= 15 is 0 Å². The van der Waals surface area contributed by atoms with Crippen LogP contribution in [-0.2, 0) is 0 Å². The summed E-state index contributed by atoms with van der Waals surface area (Å²) in [5, 5.41) is 0. The third kappa shape index (κ3) is 4.08. The summed E-state index contributed by atoms with van der Waals surface area (Å²) in [6.07, 6.45) is 5.09. The van der Waals surface area contributed by atoms with E-state index in [1.807, 2.05) is 0 Å². The molecule has 1 aliphatic rings. The van der Waals surface area contributed by atoms with Crippen LogP contribution < -0.4 is 0 Å². The number of thiocarbonyl (C=S) groups is 1. The molecule has 0 atom stereocenters. The van der Waals surface area contributed by atoms with Crippen LogP contribution in [0.25, 0.3) is 0 Å². The molecule has 1 fully saturated rings. The van der Waals surface area contributed by atoms with Crippen molar-refractivity contribution in [2.24, 2.45) is 5.41 Å². The van der Waals surface area contributed by atoms with E-state index < -0.39 is 0 Å². The smallest absolute Gasteiger partial charge is 0.0784 e. The van der Waals surface area contributed by atoms with Crippen LogP contribution in [0, 0.1) is 5.41 Å². The maximum absolute atomic E-state index is 5.45. The molecule has 1 saturated heterocycles. The minimum atomic E-state index is 0.342. The van der Waals surface area contributed by atoms with E-state index in [9.17, 15) is 0 Å². The molecule has 76 valence electrons. The van der Waals surface area contributed by atoms with Crippen molar-refractivity contribution in [1.82, 2.24) is 4.90 Å². The van der Waals surface area contributed by atoms with Gasteiger partial charge in [-0.2, -0.15) is 0 Å². The lowest BCUT2D eigenvalue weighted by Gasteiger charge is -2.32. The first-order valence-electron chi connectivity index (χ1n) is 5.27. The molecule has 13 heavy (non-hydrogen) atoms. The Morgan fingerprint density at radius 3 is 2.15 bits per heavy atom. The zero-order valence-corrected chi connectivity index (χ0v) is 9.91. The van der Waals surface area contributed by atoms with Gasteiger partial charge in [0.1, 0.15) is 0 Å². The molecule has 0 radical (unpaired) electrons. The molecular formula is C11H21NS. The molecule has 2 heteroatoms. The summed E-state index contributed by atoms with van der Waals surface area (Å²) < 4.78 is 0. The van der Waals surface area contributed by atoms with E-state index in [4.69, 9.17) is 12.2 Å².